The van der Waals surface area contributed by atoms with Crippen LogP contribution in [0.4, 0.5) is 10.2 Å². The number of aromatic amines is 1. The van der Waals surface area contributed by atoms with Crippen molar-refractivity contribution in [1.29, 1.82) is 0 Å². The molecule has 146 valence electrons. The van der Waals surface area contributed by atoms with Crippen LogP contribution in [0.2, 0.25) is 0 Å². The summed E-state index contributed by atoms with van der Waals surface area (Å²) in [7, 11) is 0. The van der Waals surface area contributed by atoms with Gasteiger partial charge in [-0.25, -0.2) is 19.2 Å². The first-order chi connectivity index (χ1) is 13.2. The molecule has 3 aromatic rings. The second kappa shape index (κ2) is 6.27. The number of carboxylic acid groups (broad SMARTS) is 1. The van der Waals surface area contributed by atoms with Crippen molar-refractivity contribution in [2.75, 3.05) is 5.32 Å². The molecule has 2 heterocycles. The van der Waals surface area contributed by atoms with Gasteiger partial charge in [-0.15, -0.1) is 0 Å². The maximum atomic E-state index is 14.9. The van der Waals surface area contributed by atoms with Crippen molar-refractivity contribution < 1.29 is 14.3 Å². The molecule has 1 aliphatic carbocycles. The summed E-state index contributed by atoms with van der Waals surface area (Å²) in [6.45, 7) is 5.79. The number of anilines is 1. The maximum absolute atomic E-state index is 14.9. The standard InChI is InChI=1S/C20H22FN5O2/c1-9(2)23-18-10(3)24-13-5-4-12(21)15(16(13)26-18)14-8-11(19(27)28)17(25-14)20(22)6-7-20/h4-5,8-9,25H,6-7,22H2,1-3H3,(H,23,26)(H,27,28). The summed E-state index contributed by atoms with van der Waals surface area (Å²) in [4.78, 5) is 23.9. The van der Waals surface area contributed by atoms with E-state index in [1.807, 2.05) is 20.8 Å². The number of nitrogens with two attached hydrogens (primary N) is 1. The van der Waals surface area contributed by atoms with E-state index >= 15 is 0 Å². The van der Waals surface area contributed by atoms with Gasteiger partial charge in [-0.2, -0.15) is 0 Å². The average Bonchev–Trinajstić information content (AvgIpc) is 3.19. The SMILES string of the molecule is Cc1nc2ccc(F)c(-c3cc(C(=O)O)c(C4(N)CC4)[nH]3)c2nc1NC(C)C. The Morgan fingerprint density at radius 1 is 1.36 bits per heavy atom. The van der Waals surface area contributed by atoms with Gasteiger partial charge in [0, 0.05) is 6.04 Å². The Balaban J connectivity index is 1.96. The van der Waals surface area contributed by atoms with Crippen molar-refractivity contribution in [3.63, 3.8) is 0 Å². The highest BCUT2D eigenvalue weighted by atomic mass is 19.1. The summed E-state index contributed by atoms with van der Waals surface area (Å²) >= 11 is 0. The van der Waals surface area contributed by atoms with E-state index in [-0.39, 0.29) is 17.2 Å². The van der Waals surface area contributed by atoms with Gasteiger partial charge >= 0.3 is 5.97 Å². The lowest BCUT2D eigenvalue weighted by Crippen LogP contribution is -2.22. The smallest absolute Gasteiger partial charge is 0.337 e. The lowest BCUT2D eigenvalue weighted by atomic mass is 10.1. The number of nitrogens with one attached hydrogen (secondary N) is 2. The second-order valence-corrected chi connectivity index (χ2v) is 7.68. The molecule has 1 fully saturated rings. The molecule has 0 spiro atoms. The first-order valence-electron chi connectivity index (χ1n) is 9.19. The number of rotatable bonds is 5. The predicted octanol–water partition coefficient (Wildman–Crippen LogP) is 3.54. The van der Waals surface area contributed by atoms with E-state index in [2.05, 4.69) is 20.3 Å². The van der Waals surface area contributed by atoms with Crippen LogP contribution < -0.4 is 11.1 Å². The van der Waals surface area contributed by atoms with Crippen LogP contribution >= 0.6 is 0 Å². The molecule has 1 saturated carbocycles. The van der Waals surface area contributed by atoms with E-state index in [4.69, 9.17) is 5.73 Å². The first kappa shape index (κ1) is 18.4. The Bertz CT molecular complexity index is 1100. The van der Waals surface area contributed by atoms with Gasteiger partial charge in [-0.05, 0) is 51.8 Å². The zero-order chi connectivity index (χ0) is 20.2. The number of hydrogen-bond acceptors (Lipinski definition) is 5. The van der Waals surface area contributed by atoms with E-state index in [1.165, 1.54) is 12.1 Å². The Kier molecular flexibility index (Phi) is 4.11. The molecule has 0 saturated heterocycles. The zero-order valence-electron chi connectivity index (χ0n) is 15.9. The van der Waals surface area contributed by atoms with Crippen LogP contribution in [0.1, 0.15) is 48.4 Å². The fourth-order valence-corrected chi connectivity index (χ4v) is 3.39. The second-order valence-electron chi connectivity index (χ2n) is 7.68. The largest absolute Gasteiger partial charge is 0.478 e. The van der Waals surface area contributed by atoms with Gasteiger partial charge < -0.3 is 21.1 Å². The number of aryl methyl sites for hydroxylation is 1. The average molecular weight is 383 g/mol. The molecule has 1 aliphatic rings. The van der Waals surface area contributed by atoms with Gasteiger partial charge in [0.05, 0.1) is 39.3 Å². The van der Waals surface area contributed by atoms with E-state index in [0.29, 0.717) is 46.8 Å². The van der Waals surface area contributed by atoms with E-state index < -0.39 is 17.3 Å². The van der Waals surface area contributed by atoms with Gasteiger partial charge in [-0.3, -0.25) is 0 Å². The maximum Gasteiger partial charge on any atom is 0.337 e. The monoisotopic (exact) mass is 383 g/mol. The lowest BCUT2D eigenvalue weighted by Gasteiger charge is -2.14. The topological polar surface area (TPSA) is 117 Å². The highest BCUT2D eigenvalue weighted by Gasteiger charge is 2.44. The van der Waals surface area contributed by atoms with E-state index in [9.17, 15) is 14.3 Å². The number of nitrogens with zero attached hydrogens (tertiary/aromatic N) is 2. The van der Waals surface area contributed by atoms with Crippen LogP contribution in [0, 0.1) is 12.7 Å². The Morgan fingerprint density at radius 2 is 2.07 bits per heavy atom. The fraction of sp³-hybridized carbons (Fsp3) is 0.350. The molecule has 0 aliphatic heterocycles. The molecule has 0 radical (unpaired) electrons. The fourth-order valence-electron chi connectivity index (χ4n) is 3.39. The Morgan fingerprint density at radius 3 is 2.68 bits per heavy atom. The third kappa shape index (κ3) is 2.99. The highest BCUT2D eigenvalue weighted by molar-refractivity contribution is 5.96. The molecule has 7 nitrogen and oxygen atoms in total. The molecule has 0 amide bonds. The summed E-state index contributed by atoms with van der Waals surface area (Å²) in [5.41, 5.74) is 8.13. The third-order valence-corrected chi connectivity index (χ3v) is 4.99. The van der Waals surface area contributed by atoms with Gasteiger partial charge in [0.15, 0.2) is 0 Å². The van der Waals surface area contributed by atoms with Crippen molar-refractivity contribution in [2.24, 2.45) is 5.73 Å². The summed E-state index contributed by atoms with van der Waals surface area (Å²) in [6, 6.07) is 4.45. The first-order valence-corrected chi connectivity index (χ1v) is 9.19. The number of carboxylic acids is 1. The Hall–Kier alpha value is -3.00. The van der Waals surface area contributed by atoms with Crippen molar-refractivity contribution in [2.45, 2.75) is 45.2 Å². The minimum absolute atomic E-state index is 0.0620. The van der Waals surface area contributed by atoms with Crippen LogP contribution in [-0.2, 0) is 5.54 Å². The number of benzene rings is 1. The van der Waals surface area contributed by atoms with Crippen molar-refractivity contribution in [1.82, 2.24) is 15.0 Å². The molecule has 5 N–H and O–H groups in total. The summed E-state index contributed by atoms with van der Waals surface area (Å²) in [6.07, 6.45) is 1.37. The van der Waals surface area contributed by atoms with Gasteiger partial charge in [0.2, 0.25) is 0 Å². The Labute approximate surface area is 161 Å². The molecule has 0 bridgehead atoms. The molecule has 8 heteroatoms. The highest BCUT2D eigenvalue weighted by Crippen LogP contribution is 2.45. The van der Waals surface area contributed by atoms with Gasteiger partial charge in [0.1, 0.15) is 17.2 Å². The molecule has 0 unspecified atom stereocenters. The third-order valence-electron chi connectivity index (χ3n) is 4.99. The number of H-pyrrole nitrogens is 1. The van der Waals surface area contributed by atoms with Crippen LogP contribution in [-0.4, -0.2) is 32.1 Å². The number of halogens is 1. The predicted molar refractivity (Wildman–Crippen MR) is 105 cm³/mol. The van der Waals surface area contributed by atoms with Gasteiger partial charge in [-0.1, -0.05) is 0 Å². The van der Waals surface area contributed by atoms with Crippen LogP contribution in [0.5, 0.6) is 0 Å². The molecule has 4 rings (SSSR count). The zero-order valence-corrected chi connectivity index (χ0v) is 15.9. The number of carbonyl (C=O) groups is 1. The summed E-state index contributed by atoms with van der Waals surface area (Å²) < 4.78 is 14.9. The summed E-state index contributed by atoms with van der Waals surface area (Å²) in [5, 5.41) is 12.8. The minimum Gasteiger partial charge on any atom is -0.478 e. The molecule has 28 heavy (non-hydrogen) atoms. The van der Waals surface area contributed by atoms with Crippen molar-refractivity contribution >= 4 is 22.8 Å². The minimum atomic E-state index is -1.10. The van der Waals surface area contributed by atoms with Crippen molar-refractivity contribution in [3.8, 4) is 11.3 Å². The van der Waals surface area contributed by atoms with Crippen LogP contribution in [0.25, 0.3) is 22.3 Å². The van der Waals surface area contributed by atoms with Gasteiger partial charge in [0.25, 0.3) is 0 Å². The normalized spacial score (nSPS) is 15.2. The summed E-state index contributed by atoms with van der Waals surface area (Å²) in [5.74, 6) is -1.04. The lowest BCUT2D eigenvalue weighted by molar-refractivity contribution is 0.0695. The number of fused-ring (bicyclic) bond motifs is 1. The van der Waals surface area contributed by atoms with E-state index in [1.54, 1.807) is 6.07 Å². The van der Waals surface area contributed by atoms with Crippen molar-refractivity contribution in [3.05, 3.63) is 41.0 Å². The molecule has 2 aromatic heterocycles. The van der Waals surface area contributed by atoms with Crippen LogP contribution in [0.3, 0.4) is 0 Å². The molecule has 1 aromatic carbocycles. The molecule has 0 atom stereocenters. The number of aromatic nitrogens is 3. The van der Waals surface area contributed by atoms with Crippen LogP contribution in [0.15, 0.2) is 18.2 Å². The number of aromatic carboxylic acids is 1. The molecular formula is C20H22FN5O2. The van der Waals surface area contributed by atoms with E-state index in [0.717, 1.165) is 0 Å². The number of hydrogen-bond donors (Lipinski definition) is 4. The molecular weight excluding hydrogens is 361 g/mol. The quantitative estimate of drug-likeness (QED) is 0.535.